The van der Waals surface area contributed by atoms with E-state index in [1.54, 1.807) is 18.6 Å². The number of aromatic nitrogens is 1. The van der Waals surface area contributed by atoms with Crippen molar-refractivity contribution in [2.24, 2.45) is 5.73 Å². The molecule has 9 heteroatoms. The van der Waals surface area contributed by atoms with Crippen LogP contribution in [0, 0.1) is 0 Å². The molecule has 2 heterocycles. The first-order valence-corrected chi connectivity index (χ1v) is 9.54. The monoisotopic (exact) mass is 402 g/mol. The molecule has 2 aromatic rings. The normalized spacial score (nSPS) is 17.2. The lowest BCUT2D eigenvalue weighted by Crippen LogP contribution is -2.55. The van der Waals surface area contributed by atoms with E-state index in [0.29, 0.717) is 25.4 Å². The summed E-state index contributed by atoms with van der Waals surface area (Å²) in [5.41, 5.74) is 7.16. The number of benzene rings is 1. The van der Waals surface area contributed by atoms with E-state index in [-0.39, 0.29) is 25.5 Å². The summed E-state index contributed by atoms with van der Waals surface area (Å²) < 4.78 is 12.1. The number of primary amides is 1. The molecule has 1 atom stereocenters. The van der Waals surface area contributed by atoms with Gasteiger partial charge in [0, 0.05) is 36.7 Å². The lowest BCUT2D eigenvalue weighted by Gasteiger charge is -2.34. The molecule has 1 aliphatic rings. The SMILES string of the molecule is CCOC(=O)CC1C(=O)NCCN1Cc1cn(CC(N)=O)c2ccc(OC)cc12. The fraction of sp³-hybridized carbons (Fsp3) is 0.450. The summed E-state index contributed by atoms with van der Waals surface area (Å²) in [5, 5.41) is 3.72. The molecule has 1 unspecified atom stereocenters. The van der Waals surface area contributed by atoms with Crippen LogP contribution in [0.5, 0.6) is 5.75 Å². The Morgan fingerprint density at radius 1 is 1.34 bits per heavy atom. The topological polar surface area (TPSA) is 116 Å². The largest absolute Gasteiger partial charge is 0.497 e. The Morgan fingerprint density at radius 3 is 2.83 bits per heavy atom. The van der Waals surface area contributed by atoms with Crippen molar-refractivity contribution < 1.29 is 23.9 Å². The molecule has 1 aromatic heterocycles. The van der Waals surface area contributed by atoms with E-state index in [2.05, 4.69) is 5.32 Å². The zero-order valence-corrected chi connectivity index (χ0v) is 16.6. The molecular formula is C20H26N4O5. The first kappa shape index (κ1) is 20.7. The minimum atomic E-state index is -0.608. The van der Waals surface area contributed by atoms with Gasteiger partial charge < -0.3 is 25.1 Å². The molecule has 3 N–H and O–H groups in total. The van der Waals surface area contributed by atoms with Crippen LogP contribution in [0.4, 0.5) is 0 Å². The summed E-state index contributed by atoms with van der Waals surface area (Å²) in [6.45, 7) is 3.59. The standard InChI is InChI=1S/C20H26N4O5/c1-3-29-19(26)9-17-20(27)22-6-7-23(17)10-13-11-24(12-18(21)25)16-5-4-14(28-2)8-15(13)16/h4-5,8,11,17H,3,6-7,9-10,12H2,1-2H3,(H2,21,25)(H,22,27). The molecule has 0 bridgehead atoms. The second-order valence-electron chi connectivity index (χ2n) is 6.92. The lowest BCUT2D eigenvalue weighted by atomic mass is 10.1. The molecular weight excluding hydrogens is 376 g/mol. The van der Waals surface area contributed by atoms with Gasteiger partial charge in [0.15, 0.2) is 0 Å². The number of piperazine rings is 1. The Bertz CT molecular complexity index is 923. The highest BCUT2D eigenvalue weighted by molar-refractivity contribution is 5.88. The highest BCUT2D eigenvalue weighted by Crippen LogP contribution is 2.28. The molecule has 2 amide bonds. The zero-order valence-electron chi connectivity index (χ0n) is 16.6. The summed E-state index contributed by atoms with van der Waals surface area (Å²) in [6.07, 6.45) is 1.85. The van der Waals surface area contributed by atoms with Crippen LogP contribution in [0.2, 0.25) is 0 Å². The molecule has 1 aliphatic heterocycles. The molecule has 9 nitrogen and oxygen atoms in total. The van der Waals surface area contributed by atoms with Crippen molar-refractivity contribution in [3.63, 3.8) is 0 Å². The van der Waals surface area contributed by atoms with Gasteiger partial charge in [-0.15, -0.1) is 0 Å². The zero-order chi connectivity index (χ0) is 21.0. The van der Waals surface area contributed by atoms with Crippen LogP contribution >= 0.6 is 0 Å². The van der Waals surface area contributed by atoms with Gasteiger partial charge in [-0.2, -0.15) is 0 Å². The summed E-state index contributed by atoms with van der Waals surface area (Å²) in [6, 6.07) is 4.98. The van der Waals surface area contributed by atoms with Crippen LogP contribution in [0.1, 0.15) is 18.9 Å². The number of fused-ring (bicyclic) bond motifs is 1. The predicted octanol–water partition coefficient (Wildman–Crippen LogP) is 0.389. The number of methoxy groups -OCH3 is 1. The molecule has 0 spiro atoms. The van der Waals surface area contributed by atoms with E-state index in [1.807, 2.05) is 29.3 Å². The molecule has 3 rings (SSSR count). The van der Waals surface area contributed by atoms with Crippen LogP contribution in [0.15, 0.2) is 24.4 Å². The number of ether oxygens (including phenoxy) is 2. The molecule has 156 valence electrons. The van der Waals surface area contributed by atoms with Crippen molar-refractivity contribution in [3.05, 3.63) is 30.0 Å². The third kappa shape index (κ3) is 4.68. The third-order valence-corrected chi connectivity index (χ3v) is 4.98. The molecule has 1 fully saturated rings. The summed E-state index contributed by atoms with van der Waals surface area (Å²) in [5.74, 6) is -0.350. The van der Waals surface area contributed by atoms with Crippen molar-refractivity contribution in [3.8, 4) is 5.75 Å². The maximum atomic E-state index is 12.4. The average Bonchev–Trinajstić information content (AvgIpc) is 3.00. The Kier molecular flexibility index (Phi) is 6.38. The minimum absolute atomic E-state index is 0.0110. The number of hydrogen-bond donors (Lipinski definition) is 2. The van der Waals surface area contributed by atoms with E-state index in [1.165, 1.54) is 0 Å². The van der Waals surface area contributed by atoms with Crippen LogP contribution in [0.3, 0.4) is 0 Å². The van der Waals surface area contributed by atoms with Gasteiger partial charge in [0.05, 0.1) is 20.1 Å². The van der Waals surface area contributed by atoms with Gasteiger partial charge >= 0.3 is 5.97 Å². The number of amides is 2. The van der Waals surface area contributed by atoms with E-state index < -0.39 is 17.9 Å². The number of rotatable bonds is 8. The lowest BCUT2D eigenvalue weighted by molar-refractivity contribution is -0.148. The maximum absolute atomic E-state index is 12.4. The Labute approximate surface area is 168 Å². The van der Waals surface area contributed by atoms with Crippen LogP contribution in [0.25, 0.3) is 10.9 Å². The summed E-state index contributed by atoms with van der Waals surface area (Å²) in [4.78, 5) is 37.8. The van der Waals surface area contributed by atoms with E-state index in [9.17, 15) is 14.4 Å². The number of nitrogens with two attached hydrogens (primary N) is 1. The smallest absolute Gasteiger partial charge is 0.307 e. The average molecular weight is 402 g/mol. The molecule has 29 heavy (non-hydrogen) atoms. The van der Waals surface area contributed by atoms with Gasteiger partial charge in [-0.25, -0.2) is 0 Å². The van der Waals surface area contributed by atoms with Gasteiger partial charge in [0.2, 0.25) is 11.8 Å². The Morgan fingerprint density at radius 2 is 2.14 bits per heavy atom. The fourth-order valence-electron chi connectivity index (χ4n) is 3.67. The Balaban J connectivity index is 1.92. The van der Waals surface area contributed by atoms with Crippen LogP contribution < -0.4 is 15.8 Å². The van der Waals surface area contributed by atoms with E-state index >= 15 is 0 Å². The summed E-state index contributed by atoms with van der Waals surface area (Å²) >= 11 is 0. The highest BCUT2D eigenvalue weighted by Gasteiger charge is 2.32. The summed E-state index contributed by atoms with van der Waals surface area (Å²) in [7, 11) is 1.59. The van der Waals surface area contributed by atoms with Crippen LogP contribution in [-0.2, 0) is 32.2 Å². The van der Waals surface area contributed by atoms with Crippen molar-refractivity contribution in [2.75, 3.05) is 26.8 Å². The number of hydrogen-bond acceptors (Lipinski definition) is 6. The van der Waals surface area contributed by atoms with Gasteiger partial charge in [-0.3, -0.25) is 19.3 Å². The molecule has 1 aromatic carbocycles. The van der Waals surface area contributed by atoms with Crippen molar-refractivity contribution in [2.45, 2.75) is 32.5 Å². The number of nitrogens with zero attached hydrogens (tertiary/aromatic N) is 2. The molecule has 0 radical (unpaired) electrons. The van der Waals surface area contributed by atoms with Crippen molar-refractivity contribution in [1.29, 1.82) is 0 Å². The first-order valence-electron chi connectivity index (χ1n) is 9.54. The molecule has 1 saturated heterocycles. The first-order chi connectivity index (χ1) is 13.9. The number of carbonyl (C=O) groups excluding carboxylic acids is 3. The number of carbonyl (C=O) groups is 3. The molecule has 0 saturated carbocycles. The molecule has 0 aliphatic carbocycles. The van der Waals surface area contributed by atoms with Gasteiger partial charge in [0.1, 0.15) is 18.3 Å². The Hall–Kier alpha value is -3.07. The highest BCUT2D eigenvalue weighted by atomic mass is 16.5. The van der Waals surface area contributed by atoms with Crippen LogP contribution in [-0.4, -0.2) is 60.1 Å². The third-order valence-electron chi connectivity index (χ3n) is 4.98. The number of nitrogens with one attached hydrogen (secondary N) is 1. The quantitative estimate of drug-likeness (QED) is 0.617. The predicted molar refractivity (Wildman–Crippen MR) is 106 cm³/mol. The van der Waals surface area contributed by atoms with E-state index in [0.717, 1.165) is 16.5 Å². The van der Waals surface area contributed by atoms with Gasteiger partial charge in [-0.05, 0) is 30.7 Å². The van der Waals surface area contributed by atoms with Gasteiger partial charge in [0.25, 0.3) is 0 Å². The van der Waals surface area contributed by atoms with Crippen molar-refractivity contribution in [1.82, 2.24) is 14.8 Å². The second kappa shape index (κ2) is 8.95. The van der Waals surface area contributed by atoms with Crippen molar-refractivity contribution >= 4 is 28.7 Å². The number of esters is 1. The van der Waals surface area contributed by atoms with Gasteiger partial charge in [-0.1, -0.05) is 0 Å². The fourth-order valence-corrected chi connectivity index (χ4v) is 3.67. The maximum Gasteiger partial charge on any atom is 0.307 e. The second-order valence-corrected chi connectivity index (χ2v) is 6.92. The minimum Gasteiger partial charge on any atom is -0.497 e. The van der Waals surface area contributed by atoms with E-state index in [4.69, 9.17) is 15.2 Å².